The highest BCUT2D eigenvalue weighted by atomic mass is 32.1. The fourth-order valence-corrected chi connectivity index (χ4v) is 3.88. The zero-order valence-corrected chi connectivity index (χ0v) is 18.6. The van der Waals surface area contributed by atoms with Gasteiger partial charge in [0.2, 0.25) is 5.95 Å². The van der Waals surface area contributed by atoms with Gasteiger partial charge in [-0.05, 0) is 31.2 Å². The molecule has 0 aliphatic heterocycles. The second-order valence-corrected chi connectivity index (χ2v) is 7.69. The van der Waals surface area contributed by atoms with Gasteiger partial charge in [0.1, 0.15) is 5.69 Å². The minimum absolute atomic E-state index is 0.0244. The molecule has 0 spiro atoms. The molecule has 0 amide bonds. The first-order valence-electron chi connectivity index (χ1n) is 9.50. The summed E-state index contributed by atoms with van der Waals surface area (Å²) >= 11 is 1.32. The third kappa shape index (κ3) is 4.37. The summed E-state index contributed by atoms with van der Waals surface area (Å²) in [6, 6.07) is 6.33. The van der Waals surface area contributed by atoms with Crippen molar-refractivity contribution < 1.29 is 18.3 Å². The molecule has 0 saturated heterocycles. The zero-order chi connectivity index (χ0) is 22.8. The molecule has 4 rings (SSSR count). The molecule has 1 aromatic carbocycles. The first-order chi connectivity index (χ1) is 15.4. The summed E-state index contributed by atoms with van der Waals surface area (Å²) in [5.74, 6) is 1.02. The van der Waals surface area contributed by atoms with Gasteiger partial charge >= 0.3 is 0 Å². The molecule has 0 atom stereocenters. The van der Waals surface area contributed by atoms with Crippen molar-refractivity contribution in [2.45, 2.75) is 13.3 Å². The maximum Gasteiger partial charge on any atom is 0.280 e. The van der Waals surface area contributed by atoms with Crippen LogP contribution in [0.25, 0.3) is 22.5 Å². The van der Waals surface area contributed by atoms with E-state index in [-0.39, 0.29) is 5.95 Å². The van der Waals surface area contributed by atoms with Crippen LogP contribution < -0.4 is 14.8 Å². The van der Waals surface area contributed by atoms with Crippen molar-refractivity contribution in [1.82, 2.24) is 24.7 Å². The molecular formula is C21H20F2N6O2S. The number of thiazole rings is 1. The summed E-state index contributed by atoms with van der Waals surface area (Å²) in [6.45, 7) is 1.90. The lowest BCUT2D eigenvalue weighted by Crippen LogP contribution is -2.02. The number of benzene rings is 1. The van der Waals surface area contributed by atoms with Crippen molar-refractivity contribution in [2.75, 3.05) is 19.5 Å². The van der Waals surface area contributed by atoms with E-state index in [2.05, 4.69) is 25.4 Å². The van der Waals surface area contributed by atoms with Gasteiger partial charge in [-0.3, -0.25) is 4.68 Å². The summed E-state index contributed by atoms with van der Waals surface area (Å²) in [7, 11) is 4.86. The predicted molar refractivity (Wildman–Crippen MR) is 118 cm³/mol. The van der Waals surface area contributed by atoms with E-state index < -0.39 is 12.1 Å². The molecule has 0 radical (unpaired) electrons. The van der Waals surface area contributed by atoms with Crippen LogP contribution in [0.15, 0.2) is 35.8 Å². The van der Waals surface area contributed by atoms with Crippen LogP contribution in [-0.2, 0) is 7.05 Å². The van der Waals surface area contributed by atoms with E-state index in [0.29, 0.717) is 27.9 Å². The normalized spacial score (nSPS) is 11.1. The number of hydrogen-bond acceptors (Lipinski definition) is 8. The van der Waals surface area contributed by atoms with Crippen LogP contribution in [0.3, 0.4) is 0 Å². The number of alkyl halides is 2. The molecule has 8 nitrogen and oxygen atoms in total. The molecule has 4 aromatic rings. The molecule has 0 aliphatic rings. The van der Waals surface area contributed by atoms with E-state index >= 15 is 0 Å². The molecule has 3 heterocycles. The summed E-state index contributed by atoms with van der Waals surface area (Å²) in [4.78, 5) is 12.9. The van der Waals surface area contributed by atoms with Crippen molar-refractivity contribution in [2.24, 2.45) is 7.05 Å². The third-order valence-corrected chi connectivity index (χ3v) is 5.42. The monoisotopic (exact) mass is 458 g/mol. The third-order valence-electron chi connectivity index (χ3n) is 4.66. The Labute approximate surface area is 186 Å². The van der Waals surface area contributed by atoms with E-state index in [4.69, 9.17) is 9.47 Å². The standard InChI is InChI=1S/C21H20F2N6O2S/c1-11-13(9-29(2)28-11)16-10-32-21(26-16)27-20-24-14(8-15(25-20)19(22)23)12-5-6-17(30-3)18(7-12)31-4/h5-10,19H,1-4H3,(H,24,25,26,27). The molecule has 0 saturated carbocycles. The SMILES string of the molecule is COc1ccc(-c2cc(C(F)F)nc(Nc3nc(-c4cn(C)nc4C)cs3)n2)cc1OC. The Hall–Kier alpha value is -3.60. The van der Waals surface area contributed by atoms with E-state index in [1.165, 1.54) is 31.6 Å². The minimum Gasteiger partial charge on any atom is -0.493 e. The van der Waals surface area contributed by atoms with Crippen molar-refractivity contribution in [3.8, 4) is 34.0 Å². The second-order valence-electron chi connectivity index (χ2n) is 6.84. The number of nitrogens with zero attached hydrogens (tertiary/aromatic N) is 5. The fourth-order valence-electron chi connectivity index (χ4n) is 3.18. The average molecular weight is 458 g/mol. The summed E-state index contributed by atoms with van der Waals surface area (Å²) < 4.78 is 39.3. The lowest BCUT2D eigenvalue weighted by Gasteiger charge is -2.11. The van der Waals surface area contributed by atoms with E-state index in [1.807, 2.05) is 25.5 Å². The first-order valence-corrected chi connectivity index (χ1v) is 10.4. The predicted octanol–water partition coefficient (Wildman–Crippen LogP) is 5.01. The highest BCUT2D eigenvalue weighted by Crippen LogP contribution is 2.34. The number of rotatable bonds is 7. The van der Waals surface area contributed by atoms with Gasteiger partial charge in [-0.25, -0.2) is 23.7 Å². The number of methoxy groups -OCH3 is 2. The average Bonchev–Trinajstić information content (AvgIpc) is 3.38. The Balaban J connectivity index is 1.68. The van der Waals surface area contributed by atoms with Crippen molar-refractivity contribution in [1.29, 1.82) is 0 Å². The largest absolute Gasteiger partial charge is 0.493 e. The highest BCUT2D eigenvalue weighted by Gasteiger charge is 2.17. The number of ether oxygens (including phenoxy) is 2. The van der Waals surface area contributed by atoms with E-state index in [1.54, 1.807) is 22.9 Å². The fraction of sp³-hybridized carbons (Fsp3) is 0.238. The number of aromatic nitrogens is 5. The lowest BCUT2D eigenvalue weighted by molar-refractivity contribution is 0.146. The molecule has 0 aliphatic carbocycles. The van der Waals surface area contributed by atoms with Gasteiger partial charge in [-0.1, -0.05) is 0 Å². The Morgan fingerprint density at radius 3 is 2.47 bits per heavy atom. The van der Waals surface area contributed by atoms with Crippen LogP contribution in [0, 0.1) is 6.92 Å². The quantitative estimate of drug-likeness (QED) is 0.417. The van der Waals surface area contributed by atoms with Crippen molar-refractivity contribution >= 4 is 22.4 Å². The van der Waals surface area contributed by atoms with Crippen LogP contribution in [0.2, 0.25) is 0 Å². The number of anilines is 2. The van der Waals surface area contributed by atoms with Gasteiger partial charge < -0.3 is 14.8 Å². The number of aryl methyl sites for hydroxylation is 2. The van der Waals surface area contributed by atoms with Crippen LogP contribution in [0.1, 0.15) is 17.8 Å². The number of hydrogen-bond donors (Lipinski definition) is 1. The number of nitrogens with one attached hydrogen (secondary N) is 1. The summed E-state index contributed by atoms with van der Waals surface area (Å²) in [5.41, 5.74) is 2.97. The molecule has 166 valence electrons. The van der Waals surface area contributed by atoms with Gasteiger partial charge in [-0.15, -0.1) is 11.3 Å². The molecule has 1 N–H and O–H groups in total. The van der Waals surface area contributed by atoms with Crippen LogP contribution >= 0.6 is 11.3 Å². The maximum absolute atomic E-state index is 13.5. The lowest BCUT2D eigenvalue weighted by atomic mass is 10.1. The molecule has 32 heavy (non-hydrogen) atoms. The summed E-state index contributed by atoms with van der Waals surface area (Å²) in [5, 5.41) is 9.60. The smallest absolute Gasteiger partial charge is 0.280 e. The highest BCUT2D eigenvalue weighted by molar-refractivity contribution is 7.14. The van der Waals surface area contributed by atoms with Gasteiger partial charge in [0, 0.05) is 29.8 Å². The van der Waals surface area contributed by atoms with Crippen LogP contribution in [-0.4, -0.2) is 39.0 Å². The molecule has 0 fully saturated rings. The van der Waals surface area contributed by atoms with Crippen LogP contribution in [0.5, 0.6) is 11.5 Å². The minimum atomic E-state index is -2.76. The molecular weight excluding hydrogens is 438 g/mol. The van der Waals surface area contributed by atoms with E-state index in [0.717, 1.165) is 17.0 Å². The van der Waals surface area contributed by atoms with Gasteiger partial charge in [0.25, 0.3) is 6.43 Å². The Morgan fingerprint density at radius 1 is 1.03 bits per heavy atom. The Bertz CT molecular complexity index is 1260. The topological polar surface area (TPSA) is 87.0 Å². The molecule has 0 bridgehead atoms. The second kappa shape index (κ2) is 8.87. The Kier molecular flexibility index (Phi) is 5.99. The summed E-state index contributed by atoms with van der Waals surface area (Å²) in [6.07, 6.45) is -0.889. The number of halogens is 2. The van der Waals surface area contributed by atoms with Gasteiger partial charge in [0.05, 0.1) is 31.3 Å². The van der Waals surface area contributed by atoms with Crippen molar-refractivity contribution in [3.05, 3.63) is 47.2 Å². The Morgan fingerprint density at radius 2 is 1.81 bits per heavy atom. The molecule has 11 heteroatoms. The maximum atomic E-state index is 13.5. The first kappa shape index (κ1) is 21.6. The zero-order valence-electron chi connectivity index (χ0n) is 17.8. The van der Waals surface area contributed by atoms with E-state index in [9.17, 15) is 8.78 Å². The van der Waals surface area contributed by atoms with Gasteiger partial charge in [-0.2, -0.15) is 5.10 Å². The molecule has 3 aromatic heterocycles. The molecule has 0 unspecified atom stereocenters. The van der Waals surface area contributed by atoms with Gasteiger partial charge in [0.15, 0.2) is 16.6 Å². The van der Waals surface area contributed by atoms with Crippen LogP contribution in [0.4, 0.5) is 19.9 Å². The van der Waals surface area contributed by atoms with Crippen molar-refractivity contribution in [3.63, 3.8) is 0 Å².